The van der Waals surface area contributed by atoms with E-state index in [2.05, 4.69) is 5.14 Å². The van der Waals surface area contributed by atoms with Crippen molar-refractivity contribution >= 4 is 21.8 Å². The standard InChI is InChI=1S/C8H9ClF2N2O2S/c9-5-2-1-3-6(10)8(5)7(11)4-13-16(12,14)15/h1-3,7,13H,4H2,(H2,12,14,15). The Morgan fingerprint density at radius 3 is 2.62 bits per heavy atom. The zero-order valence-corrected chi connectivity index (χ0v) is 9.52. The number of benzene rings is 1. The van der Waals surface area contributed by atoms with Gasteiger partial charge in [0.1, 0.15) is 12.0 Å². The quantitative estimate of drug-likeness (QED) is 0.865. The highest BCUT2D eigenvalue weighted by Crippen LogP contribution is 2.27. The lowest BCUT2D eigenvalue weighted by atomic mass is 10.1. The highest BCUT2D eigenvalue weighted by atomic mass is 35.5. The van der Waals surface area contributed by atoms with Gasteiger partial charge in [0.05, 0.1) is 0 Å². The first-order valence-corrected chi connectivity index (χ1v) is 6.09. The molecule has 1 atom stereocenters. The minimum Gasteiger partial charge on any atom is -0.241 e. The number of nitrogens with two attached hydrogens (primary N) is 1. The van der Waals surface area contributed by atoms with Crippen molar-refractivity contribution in [1.29, 1.82) is 0 Å². The maximum atomic E-state index is 13.5. The van der Waals surface area contributed by atoms with Gasteiger partial charge >= 0.3 is 0 Å². The van der Waals surface area contributed by atoms with Crippen molar-refractivity contribution in [2.24, 2.45) is 5.14 Å². The Balaban J connectivity index is 2.85. The van der Waals surface area contributed by atoms with E-state index in [0.29, 0.717) is 0 Å². The van der Waals surface area contributed by atoms with Crippen LogP contribution in [0.4, 0.5) is 8.78 Å². The van der Waals surface area contributed by atoms with Gasteiger partial charge in [-0.15, -0.1) is 0 Å². The topological polar surface area (TPSA) is 72.2 Å². The number of hydrogen-bond donors (Lipinski definition) is 2. The molecule has 1 unspecified atom stereocenters. The third-order valence-corrected chi connectivity index (χ3v) is 2.68. The first-order valence-electron chi connectivity index (χ1n) is 4.16. The molecule has 0 aliphatic carbocycles. The summed E-state index contributed by atoms with van der Waals surface area (Å²) in [5.74, 6) is -0.837. The summed E-state index contributed by atoms with van der Waals surface area (Å²) in [6.07, 6.45) is -1.90. The van der Waals surface area contributed by atoms with Gasteiger partial charge in [0, 0.05) is 17.1 Å². The first-order chi connectivity index (χ1) is 7.31. The van der Waals surface area contributed by atoms with Crippen LogP contribution in [0, 0.1) is 5.82 Å². The average molecular weight is 271 g/mol. The van der Waals surface area contributed by atoms with Crippen molar-refractivity contribution in [2.45, 2.75) is 6.17 Å². The highest BCUT2D eigenvalue weighted by Gasteiger charge is 2.19. The van der Waals surface area contributed by atoms with Crippen LogP contribution >= 0.6 is 11.6 Å². The Hall–Kier alpha value is -0.760. The summed E-state index contributed by atoms with van der Waals surface area (Å²) >= 11 is 5.59. The van der Waals surface area contributed by atoms with E-state index in [0.717, 1.165) is 6.07 Å². The predicted octanol–water partition coefficient (Wildman–Crippen LogP) is 1.28. The molecule has 0 aliphatic heterocycles. The fraction of sp³-hybridized carbons (Fsp3) is 0.250. The molecular weight excluding hydrogens is 262 g/mol. The maximum absolute atomic E-state index is 13.5. The molecule has 3 N–H and O–H groups in total. The Kier molecular flexibility index (Phi) is 4.20. The van der Waals surface area contributed by atoms with Crippen LogP contribution in [0.1, 0.15) is 11.7 Å². The second-order valence-electron chi connectivity index (χ2n) is 3.00. The van der Waals surface area contributed by atoms with Crippen LogP contribution in [0.3, 0.4) is 0 Å². The van der Waals surface area contributed by atoms with Gasteiger partial charge < -0.3 is 0 Å². The van der Waals surface area contributed by atoms with Crippen LogP contribution in [-0.4, -0.2) is 15.0 Å². The Morgan fingerprint density at radius 1 is 1.50 bits per heavy atom. The normalized spacial score (nSPS) is 13.8. The van der Waals surface area contributed by atoms with Crippen molar-refractivity contribution in [3.63, 3.8) is 0 Å². The minimum absolute atomic E-state index is 0.108. The maximum Gasteiger partial charge on any atom is 0.274 e. The molecule has 1 aromatic rings. The van der Waals surface area contributed by atoms with Gasteiger partial charge in [0.25, 0.3) is 10.2 Å². The van der Waals surface area contributed by atoms with Gasteiger partial charge in [0.2, 0.25) is 0 Å². The molecule has 8 heteroatoms. The first kappa shape index (κ1) is 13.3. The summed E-state index contributed by atoms with van der Waals surface area (Å²) in [5, 5.41) is 4.50. The molecule has 4 nitrogen and oxygen atoms in total. The minimum atomic E-state index is -4.01. The largest absolute Gasteiger partial charge is 0.274 e. The average Bonchev–Trinajstić information content (AvgIpc) is 2.13. The zero-order chi connectivity index (χ0) is 12.3. The zero-order valence-electron chi connectivity index (χ0n) is 7.95. The van der Waals surface area contributed by atoms with Crippen molar-refractivity contribution in [3.05, 3.63) is 34.6 Å². The lowest BCUT2D eigenvalue weighted by Gasteiger charge is -2.11. The van der Waals surface area contributed by atoms with Gasteiger partial charge in [-0.1, -0.05) is 17.7 Å². The highest BCUT2D eigenvalue weighted by molar-refractivity contribution is 7.87. The summed E-state index contributed by atoms with van der Waals surface area (Å²) in [7, 11) is -4.01. The number of nitrogens with one attached hydrogen (secondary N) is 1. The number of alkyl halides is 1. The summed E-state index contributed by atoms with van der Waals surface area (Å²) in [5.41, 5.74) is -0.389. The van der Waals surface area contributed by atoms with Gasteiger partial charge in [-0.2, -0.15) is 13.1 Å². The Labute approximate surface area is 96.6 Å². The van der Waals surface area contributed by atoms with E-state index in [1.165, 1.54) is 12.1 Å². The van der Waals surface area contributed by atoms with Crippen molar-refractivity contribution < 1.29 is 17.2 Å². The van der Waals surface area contributed by atoms with Crippen LogP contribution in [0.2, 0.25) is 5.02 Å². The number of rotatable bonds is 4. The van der Waals surface area contributed by atoms with E-state index in [1.54, 1.807) is 4.72 Å². The molecular formula is C8H9ClF2N2O2S. The molecule has 0 saturated carbocycles. The van der Waals surface area contributed by atoms with Crippen LogP contribution in [-0.2, 0) is 10.2 Å². The molecule has 1 rings (SSSR count). The molecule has 0 saturated heterocycles. The van der Waals surface area contributed by atoms with E-state index >= 15 is 0 Å². The van der Waals surface area contributed by atoms with Gasteiger partial charge in [0.15, 0.2) is 0 Å². The second-order valence-corrected chi connectivity index (χ2v) is 4.78. The van der Waals surface area contributed by atoms with Crippen LogP contribution in [0.25, 0.3) is 0 Å². The van der Waals surface area contributed by atoms with Crippen molar-refractivity contribution in [2.75, 3.05) is 6.54 Å². The fourth-order valence-electron chi connectivity index (χ4n) is 1.10. The molecule has 0 radical (unpaired) electrons. The van der Waals surface area contributed by atoms with E-state index in [1.807, 2.05) is 0 Å². The molecule has 90 valence electrons. The molecule has 0 fully saturated rings. The second kappa shape index (κ2) is 5.05. The van der Waals surface area contributed by atoms with E-state index in [-0.39, 0.29) is 10.6 Å². The smallest absolute Gasteiger partial charge is 0.241 e. The summed E-state index contributed by atoms with van der Waals surface area (Å²) in [4.78, 5) is 0. The van der Waals surface area contributed by atoms with Gasteiger partial charge in [-0.05, 0) is 12.1 Å². The SMILES string of the molecule is NS(=O)(=O)NCC(F)c1c(F)cccc1Cl. The molecule has 16 heavy (non-hydrogen) atoms. The fourth-order valence-corrected chi connectivity index (χ4v) is 1.76. The molecule has 0 bridgehead atoms. The lowest BCUT2D eigenvalue weighted by Crippen LogP contribution is -2.33. The van der Waals surface area contributed by atoms with Gasteiger partial charge in [-0.25, -0.2) is 13.9 Å². The molecule has 0 amide bonds. The van der Waals surface area contributed by atoms with Crippen LogP contribution in [0.15, 0.2) is 18.2 Å². The van der Waals surface area contributed by atoms with Crippen molar-refractivity contribution in [1.82, 2.24) is 4.72 Å². The molecule has 0 heterocycles. The summed E-state index contributed by atoms with van der Waals surface area (Å²) in [6, 6.07) is 3.66. The van der Waals surface area contributed by atoms with Crippen LogP contribution < -0.4 is 9.86 Å². The van der Waals surface area contributed by atoms with Gasteiger partial charge in [-0.3, -0.25) is 0 Å². The van der Waals surface area contributed by atoms with E-state index in [4.69, 9.17) is 11.6 Å². The molecule has 0 aliphatic rings. The molecule has 0 spiro atoms. The third kappa shape index (κ3) is 3.67. The monoisotopic (exact) mass is 270 g/mol. The van der Waals surface area contributed by atoms with Crippen LogP contribution in [0.5, 0.6) is 0 Å². The van der Waals surface area contributed by atoms with E-state index in [9.17, 15) is 17.2 Å². The Bertz CT molecular complexity index is 461. The summed E-state index contributed by atoms with van der Waals surface area (Å²) in [6.45, 7) is -0.667. The number of halogens is 3. The lowest BCUT2D eigenvalue weighted by molar-refractivity contribution is 0.332. The molecule has 0 aromatic heterocycles. The number of hydrogen-bond acceptors (Lipinski definition) is 2. The summed E-state index contributed by atoms with van der Waals surface area (Å²) < 4.78 is 49.4. The predicted molar refractivity (Wildman–Crippen MR) is 56.4 cm³/mol. The third-order valence-electron chi connectivity index (χ3n) is 1.78. The van der Waals surface area contributed by atoms with E-state index < -0.39 is 28.7 Å². The van der Waals surface area contributed by atoms with Crippen molar-refractivity contribution in [3.8, 4) is 0 Å². The Morgan fingerprint density at radius 2 is 2.12 bits per heavy atom. The molecule has 1 aromatic carbocycles.